The average molecular weight is 557 g/mol. The minimum absolute atomic E-state index is 0.178. The van der Waals surface area contributed by atoms with Crippen LogP contribution in [0.25, 0.3) is 66.4 Å². The number of rotatable bonds is 4. The molecule has 208 valence electrons. The lowest BCUT2D eigenvalue weighted by atomic mass is 9.90. The van der Waals surface area contributed by atoms with Crippen LogP contribution in [0.15, 0.2) is 128 Å². The summed E-state index contributed by atoms with van der Waals surface area (Å²) in [4.78, 5) is 9.90. The highest BCUT2D eigenvalue weighted by Gasteiger charge is 2.18. The first-order chi connectivity index (χ1) is 20.9. The number of aromatic nitrogens is 4. The van der Waals surface area contributed by atoms with Crippen molar-refractivity contribution in [2.45, 2.75) is 27.2 Å². The molecule has 4 aromatic carbocycles. The van der Waals surface area contributed by atoms with Gasteiger partial charge in [0.15, 0.2) is 0 Å². The topological polar surface area (TPSA) is 35.6 Å². The maximum absolute atomic E-state index is 5.18. The molecule has 8 aromatic rings. The van der Waals surface area contributed by atoms with E-state index >= 15 is 0 Å². The van der Waals surface area contributed by atoms with Crippen LogP contribution in [0.5, 0.6) is 0 Å². The third-order valence-corrected chi connectivity index (χ3v) is 8.25. The van der Waals surface area contributed by atoms with Crippen LogP contribution in [0.1, 0.15) is 26.5 Å². The van der Waals surface area contributed by atoms with Crippen molar-refractivity contribution in [2.75, 3.05) is 0 Å². The van der Waals surface area contributed by atoms with Gasteiger partial charge in [-0.3, -0.25) is 9.97 Å². The van der Waals surface area contributed by atoms with Gasteiger partial charge in [0.25, 0.3) is 0 Å². The second-order valence-electron chi connectivity index (χ2n) is 12.6. The lowest BCUT2D eigenvalue weighted by Gasteiger charge is -2.17. The first-order valence-electron chi connectivity index (χ1n) is 14.9. The van der Waals surface area contributed by atoms with Crippen molar-refractivity contribution in [3.8, 4) is 22.5 Å². The Morgan fingerprint density at radius 1 is 0.535 bits per heavy atom. The van der Waals surface area contributed by atoms with Gasteiger partial charge in [-0.05, 0) is 83.6 Å². The van der Waals surface area contributed by atoms with Gasteiger partial charge in [-0.1, -0.05) is 81.4 Å². The predicted octanol–water partition coefficient (Wildman–Crippen LogP) is 9.93. The minimum atomic E-state index is 0.178. The van der Waals surface area contributed by atoms with Gasteiger partial charge in [0, 0.05) is 34.0 Å². The van der Waals surface area contributed by atoms with E-state index < -0.39 is 0 Å². The molecule has 0 saturated heterocycles. The Bertz CT molecular complexity index is 2260. The molecular weight excluding hydrogens is 524 g/mol. The second kappa shape index (κ2) is 9.67. The van der Waals surface area contributed by atoms with Crippen LogP contribution in [-0.4, -0.2) is 19.1 Å². The van der Waals surface area contributed by atoms with Gasteiger partial charge in [-0.15, -0.1) is 0 Å². The highest BCUT2D eigenvalue weighted by Crippen LogP contribution is 2.35. The fourth-order valence-corrected chi connectivity index (χ4v) is 6.50. The molecule has 4 heteroatoms. The summed E-state index contributed by atoms with van der Waals surface area (Å²) in [6.45, 7) is 6.79. The molecule has 4 heterocycles. The average Bonchev–Trinajstić information content (AvgIpc) is 3.53. The molecule has 0 amide bonds. The molecule has 0 aliphatic rings. The van der Waals surface area contributed by atoms with Crippen LogP contribution in [0, 0.1) is 5.41 Å². The fourth-order valence-electron chi connectivity index (χ4n) is 6.50. The van der Waals surface area contributed by atoms with E-state index in [1.54, 1.807) is 0 Å². The minimum Gasteiger partial charge on any atom is -0.308 e. The molecule has 0 saturated carbocycles. The van der Waals surface area contributed by atoms with Crippen molar-refractivity contribution < 1.29 is 0 Å². The lowest BCUT2D eigenvalue weighted by molar-refractivity contribution is 0.407. The van der Waals surface area contributed by atoms with Crippen molar-refractivity contribution in [3.63, 3.8) is 0 Å². The standard InChI is InChI=1S/C39H32N4/c1-39(2,3)25-28-20-21-36-38(41-28)32-16-5-7-18-34(32)43(36)30-14-9-12-27(24-30)26-11-8-13-29(23-26)42-33-17-6-4-15-31(33)37-35(42)19-10-22-40-37/h4-24H,25H2,1-3H3. The second-order valence-corrected chi connectivity index (χ2v) is 12.6. The molecule has 0 fully saturated rings. The van der Waals surface area contributed by atoms with Crippen LogP contribution in [-0.2, 0) is 6.42 Å². The Balaban J connectivity index is 1.27. The fraction of sp³-hybridized carbons (Fsp3) is 0.128. The van der Waals surface area contributed by atoms with E-state index in [2.05, 4.69) is 145 Å². The van der Waals surface area contributed by atoms with Crippen molar-refractivity contribution >= 4 is 43.9 Å². The SMILES string of the molecule is CC(C)(C)Cc1ccc2c(n1)c1ccccc1n2-c1cccc(-c2cccc(-n3c4ccccc4c4ncccc43)c2)c1. The summed E-state index contributed by atoms with van der Waals surface area (Å²) >= 11 is 0. The number of fused-ring (bicyclic) bond motifs is 6. The van der Waals surface area contributed by atoms with E-state index in [-0.39, 0.29) is 5.41 Å². The molecule has 0 N–H and O–H groups in total. The number of hydrogen-bond donors (Lipinski definition) is 0. The van der Waals surface area contributed by atoms with E-state index in [1.165, 1.54) is 22.0 Å². The molecule has 43 heavy (non-hydrogen) atoms. The van der Waals surface area contributed by atoms with Crippen molar-refractivity contribution in [2.24, 2.45) is 5.41 Å². The van der Waals surface area contributed by atoms with Crippen molar-refractivity contribution in [3.05, 3.63) is 133 Å². The molecule has 0 unspecified atom stereocenters. The van der Waals surface area contributed by atoms with Gasteiger partial charge >= 0.3 is 0 Å². The summed E-state index contributed by atoms with van der Waals surface area (Å²) in [6.07, 6.45) is 2.81. The zero-order valence-corrected chi connectivity index (χ0v) is 24.6. The van der Waals surface area contributed by atoms with Crippen molar-refractivity contribution in [1.29, 1.82) is 0 Å². The molecule has 0 spiro atoms. The number of para-hydroxylation sites is 2. The summed E-state index contributed by atoms with van der Waals surface area (Å²) in [5.41, 5.74) is 12.5. The first-order valence-corrected chi connectivity index (χ1v) is 14.9. The molecule has 0 radical (unpaired) electrons. The van der Waals surface area contributed by atoms with Gasteiger partial charge in [-0.2, -0.15) is 0 Å². The number of benzene rings is 4. The van der Waals surface area contributed by atoms with Gasteiger partial charge in [0.2, 0.25) is 0 Å². The molecule has 4 aromatic heterocycles. The normalized spacial score (nSPS) is 12.2. The Morgan fingerprint density at radius 2 is 1.09 bits per heavy atom. The van der Waals surface area contributed by atoms with E-state index in [4.69, 9.17) is 9.97 Å². The monoisotopic (exact) mass is 556 g/mol. The number of pyridine rings is 2. The van der Waals surface area contributed by atoms with Crippen LogP contribution in [0.3, 0.4) is 0 Å². The van der Waals surface area contributed by atoms with E-state index in [1.807, 2.05) is 12.3 Å². The van der Waals surface area contributed by atoms with Crippen LogP contribution < -0.4 is 0 Å². The molecule has 0 aliphatic heterocycles. The first kappa shape index (κ1) is 25.5. The zero-order chi connectivity index (χ0) is 29.1. The third-order valence-electron chi connectivity index (χ3n) is 8.25. The van der Waals surface area contributed by atoms with Gasteiger partial charge in [-0.25, -0.2) is 0 Å². The maximum atomic E-state index is 5.18. The Kier molecular flexibility index (Phi) is 5.73. The Morgan fingerprint density at radius 3 is 1.72 bits per heavy atom. The summed E-state index contributed by atoms with van der Waals surface area (Å²) in [6, 6.07) is 43.4. The summed E-state index contributed by atoms with van der Waals surface area (Å²) < 4.78 is 4.67. The number of nitrogens with zero attached hydrogens (tertiary/aromatic N) is 4. The van der Waals surface area contributed by atoms with Gasteiger partial charge in [0.05, 0.1) is 33.1 Å². The summed E-state index contributed by atoms with van der Waals surface area (Å²) in [5.74, 6) is 0. The van der Waals surface area contributed by atoms with Crippen LogP contribution >= 0.6 is 0 Å². The molecule has 8 rings (SSSR count). The summed E-state index contributed by atoms with van der Waals surface area (Å²) in [5, 5.41) is 2.34. The van der Waals surface area contributed by atoms with E-state index in [0.717, 1.165) is 56.5 Å². The highest BCUT2D eigenvalue weighted by atomic mass is 15.0. The number of hydrogen-bond acceptors (Lipinski definition) is 2. The predicted molar refractivity (Wildman–Crippen MR) is 179 cm³/mol. The maximum Gasteiger partial charge on any atom is 0.0966 e. The lowest BCUT2D eigenvalue weighted by Crippen LogP contribution is -2.10. The van der Waals surface area contributed by atoms with E-state index in [9.17, 15) is 0 Å². The largest absolute Gasteiger partial charge is 0.308 e. The van der Waals surface area contributed by atoms with Crippen LogP contribution in [0.2, 0.25) is 0 Å². The zero-order valence-electron chi connectivity index (χ0n) is 24.6. The molecule has 0 atom stereocenters. The third kappa shape index (κ3) is 4.29. The Labute approximate surface area is 250 Å². The summed E-state index contributed by atoms with van der Waals surface area (Å²) in [7, 11) is 0. The molecule has 0 aliphatic carbocycles. The molecular formula is C39H32N4. The van der Waals surface area contributed by atoms with Crippen LogP contribution in [0.4, 0.5) is 0 Å². The molecule has 4 nitrogen and oxygen atoms in total. The van der Waals surface area contributed by atoms with Gasteiger partial charge < -0.3 is 9.13 Å². The quantitative estimate of drug-likeness (QED) is 0.216. The highest BCUT2D eigenvalue weighted by molar-refractivity contribution is 6.08. The van der Waals surface area contributed by atoms with Crippen molar-refractivity contribution in [1.82, 2.24) is 19.1 Å². The van der Waals surface area contributed by atoms with E-state index in [0.29, 0.717) is 0 Å². The Hall–Kier alpha value is -5.22. The smallest absolute Gasteiger partial charge is 0.0966 e. The molecule has 0 bridgehead atoms. The van der Waals surface area contributed by atoms with Gasteiger partial charge in [0.1, 0.15) is 0 Å².